The molecule has 1 aromatic carbocycles. The summed E-state index contributed by atoms with van der Waals surface area (Å²) in [5.41, 5.74) is 5.97. The Hall–Kier alpha value is -1.45. The van der Waals surface area contributed by atoms with Gasteiger partial charge in [0, 0.05) is 23.8 Å². The first kappa shape index (κ1) is 9.75. The van der Waals surface area contributed by atoms with Crippen molar-refractivity contribution in [1.29, 1.82) is 0 Å². The van der Waals surface area contributed by atoms with E-state index in [0.717, 1.165) is 16.3 Å². The molecule has 0 unspecified atom stereocenters. The Balaban J connectivity index is 2.17. The normalized spacial score (nSPS) is 29.0. The number of nitrogens with zero attached hydrogens (tertiary/aromatic N) is 1. The van der Waals surface area contributed by atoms with Crippen molar-refractivity contribution >= 4 is 10.8 Å². The van der Waals surface area contributed by atoms with Crippen LogP contribution in [0.3, 0.4) is 0 Å². The molecule has 1 aliphatic carbocycles. The SMILES string of the molecule is NC1CC(O)(c2cccc3ccncc23)C1. The van der Waals surface area contributed by atoms with Crippen LogP contribution in [0.2, 0.25) is 0 Å². The topological polar surface area (TPSA) is 59.1 Å². The van der Waals surface area contributed by atoms with Crippen LogP contribution in [-0.4, -0.2) is 16.1 Å². The van der Waals surface area contributed by atoms with Gasteiger partial charge in [0.2, 0.25) is 0 Å². The van der Waals surface area contributed by atoms with Crippen LogP contribution in [0.4, 0.5) is 0 Å². The third-order valence-electron chi connectivity index (χ3n) is 3.38. The summed E-state index contributed by atoms with van der Waals surface area (Å²) in [5.74, 6) is 0. The summed E-state index contributed by atoms with van der Waals surface area (Å²) < 4.78 is 0. The van der Waals surface area contributed by atoms with E-state index in [2.05, 4.69) is 4.98 Å². The van der Waals surface area contributed by atoms with Crippen molar-refractivity contribution in [3.05, 3.63) is 42.2 Å². The van der Waals surface area contributed by atoms with Gasteiger partial charge in [0.25, 0.3) is 0 Å². The summed E-state index contributed by atoms with van der Waals surface area (Å²) >= 11 is 0. The zero-order valence-electron chi connectivity index (χ0n) is 8.93. The van der Waals surface area contributed by atoms with E-state index in [4.69, 9.17) is 5.73 Å². The van der Waals surface area contributed by atoms with Crippen molar-refractivity contribution in [2.45, 2.75) is 24.5 Å². The molecule has 2 aromatic rings. The summed E-state index contributed by atoms with van der Waals surface area (Å²) in [6.45, 7) is 0. The lowest BCUT2D eigenvalue weighted by Gasteiger charge is -2.42. The van der Waals surface area contributed by atoms with Crippen molar-refractivity contribution < 1.29 is 5.11 Å². The molecule has 1 fully saturated rings. The molecule has 0 radical (unpaired) electrons. The van der Waals surface area contributed by atoms with E-state index in [1.807, 2.05) is 30.5 Å². The van der Waals surface area contributed by atoms with Crippen LogP contribution in [-0.2, 0) is 5.60 Å². The van der Waals surface area contributed by atoms with E-state index in [1.54, 1.807) is 6.20 Å². The summed E-state index contributed by atoms with van der Waals surface area (Å²) in [5, 5.41) is 12.6. The van der Waals surface area contributed by atoms with Crippen molar-refractivity contribution in [3.8, 4) is 0 Å². The molecule has 1 aromatic heterocycles. The van der Waals surface area contributed by atoms with Gasteiger partial charge in [0.1, 0.15) is 0 Å². The standard InChI is InChI=1S/C13H14N2O/c14-10-6-13(16,7-10)12-3-1-2-9-4-5-15-8-11(9)12/h1-5,8,10,16H,6-7,14H2. The van der Waals surface area contributed by atoms with Crippen molar-refractivity contribution in [3.63, 3.8) is 0 Å². The van der Waals surface area contributed by atoms with Gasteiger partial charge in [-0.25, -0.2) is 0 Å². The number of hydrogen-bond acceptors (Lipinski definition) is 3. The van der Waals surface area contributed by atoms with Gasteiger partial charge in [-0.2, -0.15) is 0 Å². The molecule has 0 atom stereocenters. The van der Waals surface area contributed by atoms with Crippen LogP contribution in [0, 0.1) is 0 Å². The van der Waals surface area contributed by atoms with Crippen LogP contribution in [0.15, 0.2) is 36.7 Å². The highest BCUT2D eigenvalue weighted by atomic mass is 16.3. The zero-order chi connectivity index (χ0) is 11.2. The number of pyridine rings is 1. The number of fused-ring (bicyclic) bond motifs is 1. The van der Waals surface area contributed by atoms with Gasteiger partial charge >= 0.3 is 0 Å². The summed E-state index contributed by atoms with van der Waals surface area (Å²) in [4.78, 5) is 4.12. The lowest BCUT2D eigenvalue weighted by molar-refractivity contribution is -0.0510. The van der Waals surface area contributed by atoms with Gasteiger partial charge in [0.05, 0.1) is 5.60 Å². The average Bonchev–Trinajstić information content (AvgIpc) is 2.26. The molecule has 3 heteroatoms. The fraction of sp³-hybridized carbons (Fsp3) is 0.308. The maximum Gasteiger partial charge on any atom is 0.0932 e. The number of hydrogen-bond donors (Lipinski definition) is 2. The zero-order valence-corrected chi connectivity index (χ0v) is 8.93. The molecule has 16 heavy (non-hydrogen) atoms. The van der Waals surface area contributed by atoms with E-state index in [0.29, 0.717) is 12.8 Å². The molecule has 0 spiro atoms. The predicted octanol–water partition coefficient (Wildman–Crippen LogP) is 1.54. The second-order valence-corrected chi connectivity index (χ2v) is 4.60. The third kappa shape index (κ3) is 1.32. The number of aromatic nitrogens is 1. The minimum absolute atomic E-state index is 0.122. The van der Waals surface area contributed by atoms with Gasteiger partial charge in [-0.3, -0.25) is 4.98 Å². The second kappa shape index (κ2) is 3.27. The quantitative estimate of drug-likeness (QED) is 0.757. The molecule has 3 rings (SSSR count). The van der Waals surface area contributed by atoms with Crippen LogP contribution < -0.4 is 5.73 Å². The largest absolute Gasteiger partial charge is 0.385 e. The maximum absolute atomic E-state index is 10.4. The maximum atomic E-state index is 10.4. The van der Waals surface area contributed by atoms with E-state index < -0.39 is 5.60 Å². The second-order valence-electron chi connectivity index (χ2n) is 4.60. The summed E-state index contributed by atoms with van der Waals surface area (Å²) in [6, 6.07) is 8.05. The average molecular weight is 214 g/mol. The highest BCUT2D eigenvalue weighted by Crippen LogP contribution is 2.42. The van der Waals surface area contributed by atoms with E-state index in [9.17, 15) is 5.11 Å². The van der Waals surface area contributed by atoms with Gasteiger partial charge in [-0.05, 0) is 29.9 Å². The highest BCUT2D eigenvalue weighted by Gasteiger charge is 2.42. The minimum Gasteiger partial charge on any atom is -0.385 e. The molecule has 0 bridgehead atoms. The van der Waals surface area contributed by atoms with Gasteiger partial charge in [0.15, 0.2) is 0 Å². The Morgan fingerprint density at radius 2 is 2.12 bits per heavy atom. The smallest absolute Gasteiger partial charge is 0.0932 e. The Bertz CT molecular complexity index is 527. The Morgan fingerprint density at radius 1 is 1.31 bits per heavy atom. The van der Waals surface area contributed by atoms with Gasteiger partial charge in [-0.1, -0.05) is 18.2 Å². The molecule has 0 aliphatic heterocycles. The van der Waals surface area contributed by atoms with E-state index in [-0.39, 0.29) is 6.04 Å². The van der Waals surface area contributed by atoms with E-state index >= 15 is 0 Å². The molecule has 0 amide bonds. The minimum atomic E-state index is -0.748. The molecule has 1 heterocycles. The molecule has 82 valence electrons. The summed E-state index contributed by atoms with van der Waals surface area (Å²) in [7, 11) is 0. The highest BCUT2D eigenvalue weighted by molar-refractivity contribution is 5.85. The Morgan fingerprint density at radius 3 is 2.88 bits per heavy atom. The van der Waals surface area contributed by atoms with Crippen LogP contribution in [0.5, 0.6) is 0 Å². The first-order valence-corrected chi connectivity index (χ1v) is 5.50. The van der Waals surface area contributed by atoms with Crippen molar-refractivity contribution in [2.24, 2.45) is 5.73 Å². The third-order valence-corrected chi connectivity index (χ3v) is 3.38. The fourth-order valence-electron chi connectivity index (χ4n) is 2.55. The van der Waals surface area contributed by atoms with E-state index in [1.165, 1.54) is 0 Å². The molecule has 0 saturated heterocycles. The lowest BCUT2D eigenvalue weighted by Crippen LogP contribution is -2.49. The summed E-state index contributed by atoms with van der Waals surface area (Å²) in [6.07, 6.45) is 4.86. The lowest BCUT2D eigenvalue weighted by atomic mass is 9.71. The molecular formula is C13H14N2O. The molecule has 1 saturated carbocycles. The Kier molecular flexibility index (Phi) is 1.99. The van der Waals surface area contributed by atoms with Crippen molar-refractivity contribution in [2.75, 3.05) is 0 Å². The van der Waals surface area contributed by atoms with Crippen LogP contribution in [0.25, 0.3) is 10.8 Å². The molecule has 1 aliphatic rings. The number of aliphatic hydroxyl groups is 1. The van der Waals surface area contributed by atoms with Crippen LogP contribution in [0.1, 0.15) is 18.4 Å². The van der Waals surface area contributed by atoms with Gasteiger partial charge < -0.3 is 10.8 Å². The van der Waals surface area contributed by atoms with Crippen molar-refractivity contribution in [1.82, 2.24) is 4.98 Å². The Labute approximate surface area is 93.9 Å². The molecular weight excluding hydrogens is 200 g/mol. The first-order chi connectivity index (χ1) is 7.69. The number of benzene rings is 1. The van der Waals surface area contributed by atoms with Gasteiger partial charge in [-0.15, -0.1) is 0 Å². The number of rotatable bonds is 1. The fourth-order valence-corrected chi connectivity index (χ4v) is 2.55. The number of nitrogens with two attached hydrogens (primary N) is 1. The van der Waals surface area contributed by atoms with Crippen LogP contribution >= 0.6 is 0 Å². The monoisotopic (exact) mass is 214 g/mol. The first-order valence-electron chi connectivity index (χ1n) is 5.50. The predicted molar refractivity (Wildman–Crippen MR) is 62.8 cm³/mol. The molecule has 3 nitrogen and oxygen atoms in total. The molecule has 3 N–H and O–H groups in total.